The number of alkyl halides is 3. The van der Waals surface area contributed by atoms with E-state index in [-0.39, 0.29) is 29.8 Å². The Kier molecular flexibility index (Phi) is 4.91. The maximum absolute atomic E-state index is 13.0. The number of carbonyl (C=O) groups excluding carboxylic acids is 4. The Morgan fingerprint density at radius 2 is 1.41 bits per heavy atom. The van der Waals surface area contributed by atoms with Crippen LogP contribution in [-0.4, -0.2) is 53.0 Å². The maximum Gasteiger partial charge on any atom is 0.573 e. The van der Waals surface area contributed by atoms with Crippen LogP contribution in [0.5, 0.6) is 5.75 Å². The summed E-state index contributed by atoms with van der Waals surface area (Å²) in [5.41, 5.74) is -0.787. The molecule has 0 bridgehead atoms. The fourth-order valence-corrected chi connectivity index (χ4v) is 3.73. The first-order valence-corrected chi connectivity index (χ1v) is 9.47. The van der Waals surface area contributed by atoms with Crippen LogP contribution in [0.3, 0.4) is 0 Å². The van der Waals surface area contributed by atoms with Crippen LogP contribution in [0.15, 0.2) is 48.5 Å². The van der Waals surface area contributed by atoms with E-state index < -0.39 is 41.4 Å². The zero-order valence-electron chi connectivity index (χ0n) is 16.6. The Morgan fingerprint density at radius 3 is 1.94 bits per heavy atom. The summed E-state index contributed by atoms with van der Waals surface area (Å²) in [4.78, 5) is 52.2. The second-order valence-electron chi connectivity index (χ2n) is 7.39. The van der Waals surface area contributed by atoms with Crippen molar-refractivity contribution in [1.82, 2.24) is 15.1 Å². The first-order valence-electron chi connectivity index (χ1n) is 9.47. The number of fused-ring (bicyclic) bond motifs is 1. The van der Waals surface area contributed by atoms with Crippen LogP contribution >= 0.6 is 0 Å². The van der Waals surface area contributed by atoms with Gasteiger partial charge in [0.1, 0.15) is 11.3 Å². The van der Waals surface area contributed by atoms with Gasteiger partial charge in [0.25, 0.3) is 17.7 Å². The lowest BCUT2D eigenvalue weighted by Crippen LogP contribution is -2.43. The smallest absolute Gasteiger partial charge is 0.406 e. The van der Waals surface area contributed by atoms with Gasteiger partial charge in [-0.15, -0.1) is 13.2 Å². The first kappa shape index (κ1) is 21.3. The lowest BCUT2D eigenvalue weighted by atomic mass is 9.92. The van der Waals surface area contributed by atoms with Crippen molar-refractivity contribution < 1.29 is 37.1 Å². The fraction of sp³-hybridized carbons (Fsp3) is 0.238. The third kappa shape index (κ3) is 3.55. The third-order valence-corrected chi connectivity index (χ3v) is 5.37. The van der Waals surface area contributed by atoms with Crippen LogP contribution in [0.4, 0.5) is 18.0 Å². The molecule has 1 N–H and O–H groups in total. The Hall–Kier alpha value is -3.89. The number of hydrogen-bond donors (Lipinski definition) is 1. The molecule has 1 atom stereocenters. The number of halogens is 3. The monoisotopic (exact) mass is 447 g/mol. The van der Waals surface area contributed by atoms with Crippen LogP contribution in [0, 0.1) is 0 Å². The number of rotatable bonds is 5. The van der Waals surface area contributed by atoms with E-state index in [1.54, 1.807) is 12.1 Å². The van der Waals surface area contributed by atoms with Gasteiger partial charge < -0.3 is 10.1 Å². The largest absolute Gasteiger partial charge is 0.573 e. The van der Waals surface area contributed by atoms with E-state index in [9.17, 15) is 32.3 Å². The number of nitrogens with zero attached hydrogens (tertiary/aromatic N) is 2. The molecule has 0 radical (unpaired) electrons. The molecule has 2 aromatic rings. The molecule has 2 aliphatic heterocycles. The van der Waals surface area contributed by atoms with Crippen molar-refractivity contribution in [3.63, 3.8) is 0 Å². The predicted octanol–water partition coefficient (Wildman–Crippen LogP) is 2.65. The first-order chi connectivity index (χ1) is 15.0. The summed E-state index contributed by atoms with van der Waals surface area (Å²) in [7, 11) is 0. The number of benzene rings is 2. The van der Waals surface area contributed by atoms with E-state index in [0.717, 1.165) is 21.9 Å². The highest BCUT2D eigenvalue weighted by Crippen LogP contribution is 2.31. The van der Waals surface area contributed by atoms with Crippen LogP contribution in [-0.2, 0) is 10.3 Å². The van der Waals surface area contributed by atoms with E-state index in [0.29, 0.717) is 0 Å². The molecular formula is C21H16F3N3O5. The van der Waals surface area contributed by atoms with Gasteiger partial charge >= 0.3 is 12.4 Å². The highest BCUT2D eigenvalue weighted by Gasteiger charge is 2.49. The molecule has 5 amide bonds. The van der Waals surface area contributed by atoms with Gasteiger partial charge in [-0.25, -0.2) is 4.79 Å². The topological polar surface area (TPSA) is 96.0 Å². The zero-order chi connectivity index (χ0) is 23.3. The molecule has 166 valence electrons. The van der Waals surface area contributed by atoms with Crippen LogP contribution in [0.1, 0.15) is 33.2 Å². The second kappa shape index (κ2) is 7.36. The molecule has 0 aliphatic carbocycles. The minimum atomic E-state index is -4.86. The van der Waals surface area contributed by atoms with Gasteiger partial charge in [-0.3, -0.25) is 24.2 Å². The highest BCUT2D eigenvalue weighted by molar-refractivity contribution is 6.21. The number of nitrogens with one attached hydrogen (secondary N) is 1. The van der Waals surface area contributed by atoms with Gasteiger partial charge in [0.2, 0.25) is 0 Å². The molecule has 11 heteroatoms. The van der Waals surface area contributed by atoms with Gasteiger partial charge in [-0.05, 0) is 36.8 Å². The minimum absolute atomic E-state index is 0.194. The van der Waals surface area contributed by atoms with Crippen molar-refractivity contribution in [1.29, 1.82) is 0 Å². The summed E-state index contributed by atoms with van der Waals surface area (Å²) in [5.74, 6) is -2.16. The molecule has 0 spiro atoms. The lowest BCUT2D eigenvalue weighted by Gasteiger charge is -2.23. The van der Waals surface area contributed by atoms with Crippen LogP contribution in [0.2, 0.25) is 0 Å². The standard InChI is InChI=1S/C21H16F3N3O5/c1-20(12-6-8-13(9-7-12)32-21(22,23)24)18(30)27(19(31)25-20)11-10-26-16(28)14-4-2-3-5-15(14)17(26)29/h2-9H,10-11H2,1H3,(H,25,31). The predicted molar refractivity (Wildman–Crippen MR) is 103 cm³/mol. The molecule has 1 fully saturated rings. The quantitative estimate of drug-likeness (QED) is 0.562. The van der Waals surface area contributed by atoms with Gasteiger partial charge in [-0.2, -0.15) is 0 Å². The van der Waals surface area contributed by atoms with Crippen LogP contribution in [0.25, 0.3) is 0 Å². The summed E-state index contributed by atoms with van der Waals surface area (Å²) in [6.45, 7) is 0.982. The normalized spacial score (nSPS) is 20.6. The van der Waals surface area contributed by atoms with Crippen molar-refractivity contribution in [3.05, 3.63) is 65.2 Å². The summed E-state index contributed by atoms with van der Waals surface area (Å²) in [6, 6.07) is 10.1. The van der Waals surface area contributed by atoms with Crippen molar-refractivity contribution in [3.8, 4) is 5.75 Å². The van der Waals surface area contributed by atoms with Gasteiger partial charge in [-0.1, -0.05) is 24.3 Å². The molecule has 32 heavy (non-hydrogen) atoms. The number of amides is 5. The summed E-state index contributed by atoms with van der Waals surface area (Å²) < 4.78 is 40.8. The van der Waals surface area contributed by atoms with Crippen LogP contribution < -0.4 is 10.1 Å². The van der Waals surface area contributed by atoms with E-state index in [1.807, 2.05) is 0 Å². The Labute approximate surface area is 179 Å². The summed E-state index contributed by atoms with van der Waals surface area (Å²) in [5, 5.41) is 2.52. The van der Waals surface area contributed by atoms with Crippen molar-refractivity contribution >= 4 is 23.8 Å². The Bertz CT molecular complexity index is 1100. The van der Waals surface area contributed by atoms with Crippen molar-refractivity contribution in [2.24, 2.45) is 0 Å². The third-order valence-electron chi connectivity index (χ3n) is 5.37. The number of carbonyl (C=O) groups is 4. The molecule has 2 aromatic carbocycles. The SMILES string of the molecule is CC1(c2ccc(OC(F)(F)F)cc2)NC(=O)N(CCN2C(=O)c3ccccc3C2=O)C1=O. The zero-order valence-corrected chi connectivity index (χ0v) is 16.6. The number of urea groups is 1. The van der Waals surface area contributed by atoms with E-state index in [4.69, 9.17) is 0 Å². The second-order valence-corrected chi connectivity index (χ2v) is 7.39. The lowest BCUT2D eigenvalue weighted by molar-refractivity contribution is -0.274. The minimum Gasteiger partial charge on any atom is -0.406 e. The van der Waals surface area contributed by atoms with E-state index in [2.05, 4.69) is 10.1 Å². The van der Waals surface area contributed by atoms with E-state index in [1.165, 1.54) is 31.2 Å². The van der Waals surface area contributed by atoms with Crippen molar-refractivity contribution in [2.75, 3.05) is 13.1 Å². The molecule has 2 aliphatic rings. The van der Waals surface area contributed by atoms with E-state index >= 15 is 0 Å². The maximum atomic E-state index is 13.0. The summed E-state index contributed by atoms with van der Waals surface area (Å²) in [6.07, 6.45) is -4.86. The van der Waals surface area contributed by atoms with Gasteiger partial charge in [0.05, 0.1) is 11.1 Å². The van der Waals surface area contributed by atoms with Gasteiger partial charge in [0, 0.05) is 13.1 Å². The van der Waals surface area contributed by atoms with Crippen molar-refractivity contribution in [2.45, 2.75) is 18.8 Å². The fourth-order valence-electron chi connectivity index (χ4n) is 3.73. The molecular weight excluding hydrogens is 431 g/mol. The summed E-state index contributed by atoms with van der Waals surface area (Å²) >= 11 is 0. The molecule has 1 saturated heterocycles. The average Bonchev–Trinajstić information content (AvgIpc) is 3.10. The molecule has 8 nitrogen and oxygen atoms in total. The molecule has 1 unspecified atom stereocenters. The molecule has 0 saturated carbocycles. The Balaban J connectivity index is 1.47. The van der Waals surface area contributed by atoms with Gasteiger partial charge in [0.15, 0.2) is 0 Å². The number of hydrogen-bond acceptors (Lipinski definition) is 5. The molecule has 0 aromatic heterocycles. The Morgan fingerprint density at radius 1 is 0.875 bits per heavy atom. The molecule has 2 heterocycles. The highest BCUT2D eigenvalue weighted by atomic mass is 19.4. The number of ether oxygens (including phenoxy) is 1. The number of imide groups is 2. The average molecular weight is 447 g/mol. The molecule has 4 rings (SSSR count).